The van der Waals surface area contributed by atoms with Gasteiger partial charge in [0.15, 0.2) is 0 Å². The summed E-state index contributed by atoms with van der Waals surface area (Å²) < 4.78 is 11.4. The van der Waals surface area contributed by atoms with Crippen LogP contribution in [0.3, 0.4) is 0 Å². The van der Waals surface area contributed by atoms with Crippen molar-refractivity contribution in [2.24, 2.45) is 0 Å². The third kappa shape index (κ3) is 3.56. The van der Waals surface area contributed by atoms with Gasteiger partial charge in [-0.2, -0.15) is 0 Å². The van der Waals surface area contributed by atoms with E-state index < -0.39 is 5.60 Å². The summed E-state index contributed by atoms with van der Waals surface area (Å²) in [4.78, 5) is 11.5. The first kappa shape index (κ1) is 14.2. The van der Waals surface area contributed by atoms with Gasteiger partial charge in [-0.25, -0.2) is 4.79 Å². The Morgan fingerprint density at radius 3 is 2.82 bits per heavy atom. The molecule has 0 spiro atoms. The van der Waals surface area contributed by atoms with Crippen molar-refractivity contribution in [2.45, 2.75) is 64.1 Å². The van der Waals surface area contributed by atoms with E-state index in [2.05, 4.69) is 13.5 Å². The lowest BCUT2D eigenvalue weighted by molar-refractivity contribution is -0.183. The highest BCUT2D eigenvalue weighted by Gasteiger charge is 2.43. The van der Waals surface area contributed by atoms with E-state index in [-0.39, 0.29) is 12.1 Å². The fourth-order valence-electron chi connectivity index (χ4n) is 2.73. The minimum atomic E-state index is -0.422. The minimum Gasteiger partial charge on any atom is -0.453 e. The SMILES string of the molecule is C=CC(=O)OC1(CCC)CCCCC1OCC. The quantitative estimate of drug-likeness (QED) is 0.528. The summed E-state index contributed by atoms with van der Waals surface area (Å²) in [6, 6.07) is 0. The van der Waals surface area contributed by atoms with Gasteiger partial charge in [0, 0.05) is 12.7 Å². The molecule has 3 heteroatoms. The number of hydrogen-bond acceptors (Lipinski definition) is 3. The number of esters is 1. The van der Waals surface area contributed by atoms with Crippen LogP contribution in [0.15, 0.2) is 12.7 Å². The Morgan fingerprint density at radius 2 is 2.24 bits per heavy atom. The molecule has 1 saturated carbocycles. The number of carbonyl (C=O) groups is 1. The van der Waals surface area contributed by atoms with Crippen LogP contribution >= 0.6 is 0 Å². The molecule has 0 N–H and O–H groups in total. The fraction of sp³-hybridized carbons (Fsp3) is 0.786. The van der Waals surface area contributed by atoms with Gasteiger partial charge >= 0.3 is 5.97 Å². The third-order valence-electron chi connectivity index (χ3n) is 3.41. The first-order chi connectivity index (χ1) is 8.18. The molecule has 1 aliphatic rings. The summed E-state index contributed by atoms with van der Waals surface area (Å²) in [6.45, 7) is 8.24. The van der Waals surface area contributed by atoms with E-state index in [9.17, 15) is 4.79 Å². The zero-order valence-electron chi connectivity index (χ0n) is 11.0. The molecule has 2 unspecified atom stereocenters. The Kier molecular flexibility index (Phi) is 5.69. The smallest absolute Gasteiger partial charge is 0.330 e. The first-order valence-electron chi connectivity index (χ1n) is 6.65. The molecule has 0 radical (unpaired) electrons. The summed E-state index contributed by atoms with van der Waals surface area (Å²) >= 11 is 0. The molecule has 0 aromatic rings. The van der Waals surface area contributed by atoms with Crippen molar-refractivity contribution in [3.05, 3.63) is 12.7 Å². The zero-order chi connectivity index (χ0) is 12.7. The topological polar surface area (TPSA) is 35.5 Å². The maximum absolute atomic E-state index is 11.5. The van der Waals surface area contributed by atoms with Crippen molar-refractivity contribution < 1.29 is 14.3 Å². The van der Waals surface area contributed by atoms with Crippen molar-refractivity contribution in [3.8, 4) is 0 Å². The second kappa shape index (κ2) is 6.80. The van der Waals surface area contributed by atoms with Gasteiger partial charge in [-0.3, -0.25) is 0 Å². The second-order valence-electron chi connectivity index (χ2n) is 4.63. The summed E-state index contributed by atoms with van der Waals surface area (Å²) in [5.41, 5.74) is -0.422. The maximum Gasteiger partial charge on any atom is 0.330 e. The number of carbonyl (C=O) groups excluding carboxylic acids is 1. The average molecular weight is 240 g/mol. The molecule has 3 nitrogen and oxygen atoms in total. The molecule has 1 fully saturated rings. The Balaban J connectivity index is 2.82. The van der Waals surface area contributed by atoms with E-state index in [1.165, 1.54) is 6.08 Å². The molecule has 0 aromatic heterocycles. The number of ether oxygens (including phenoxy) is 2. The predicted molar refractivity (Wildman–Crippen MR) is 67.8 cm³/mol. The van der Waals surface area contributed by atoms with Gasteiger partial charge < -0.3 is 9.47 Å². The Morgan fingerprint density at radius 1 is 1.47 bits per heavy atom. The normalized spacial score (nSPS) is 28.7. The molecular weight excluding hydrogens is 216 g/mol. The number of rotatable bonds is 6. The molecule has 17 heavy (non-hydrogen) atoms. The molecule has 1 rings (SSSR count). The van der Waals surface area contributed by atoms with Crippen LogP contribution in [0.4, 0.5) is 0 Å². The highest BCUT2D eigenvalue weighted by Crippen LogP contribution is 2.37. The second-order valence-corrected chi connectivity index (χ2v) is 4.63. The fourth-order valence-corrected chi connectivity index (χ4v) is 2.73. The van der Waals surface area contributed by atoms with E-state index >= 15 is 0 Å². The van der Waals surface area contributed by atoms with Crippen LogP contribution in [-0.4, -0.2) is 24.3 Å². The molecular formula is C14H24O3. The first-order valence-corrected chi connectivity index (χ1v) is 6.65. The van der Waals surface area contributed by atoms with E-state index in [4.69, 9.17) is 9.47 Å². The van der Waals surface area contributed by atoms with Gasteiger partial charge in [-0.05, 0) is 32.6 Å². The van der Waals surface area contributed by atoms with Crippen molar-refractivity contribution in [2.75, 3.05) is 6.61 Å². The summed E-state index contributed by atoms with van der Waals surface area (Å²) in [7, 11) is 0. The van der Waals surface area contributed by atoms with Crippen LogP contribution in [0.5, 0.6) is 0 Å². The van der Waals surface area contributed by atoms with Gasteiger partial charge in [-0.1, -0.05) is 26.3 Å². The Hall–Kier alpha value is -0.830. The summed E-state index contributed by atoms with van der Waals surface area (Å²) in [5.74, 6) is -0.329. The molecule has 0 amide bonds. The monoisotopic (exact) mass is 240 g/mol. The lowest BCUT2D eigenvalue weighted by Gasteiger charge is -2.42. The highest BCUT2D eigenvalue weighted by molar-refractivity contribution is 5.81. The van der Waals surface area contributed by atoms with E-state index in [0.717, 1.165) is 38.5 Å². The molecule has 0 aliphatic heterocycles. The van der Waals surface area contributed by atoms with Gasteiger partial charge in [0.2, 0.25) is 0 Å². The summed E-state index contributed by atoms with van der Waals surface area (Å²) in [6.07, 6.45) is 7.31. The van der Waals surface area contributed by atoms with Crippen molar-refractivity contribution in [1.82, 2.24) is 0 Å². The van der Waals surface area contributed by atoms with Crippen molar-refractivity contribution in [3.63, 3.8) is 0 Å². The van der Waals surface area contributed by atoms with Crippen LogP contribution in [0.1, 0.15) is 52.4 Å². The van der Waals surface area contributed by atoms with E-state index in [1.54, 1.807) is 0 Å². The van der Waals surface area contributed by atoms with Gasteiger partial charge in [0.05, 0.1) is 6.10 Å². The molecule has 0 bridgehead atoms. The standard InChI is InChI=1S/C14H24O3/c1-4-10-14(17-13(15)5-2)11-8-7-9-12(14)16-6-3/h5,12H,2,4,6-11H2,1,3H3. The Labute approximate surface area is 104 Å². The molecule has 0 heterocycles. The van der Waals surface area contributed by atoms with Gasteiger partial charge in [0.25, 0.3) is 0 Å². The molecule has 1 aliphatic carbocycles. The van der Waals surface area contributed by atoms with Crippen molar-refractivity contribution in [1.29, 1.82) is 0 Å². The van der Waals surface area contributed by atoms with Crippen LogP contribution < -0.4 is 0 Å². The molecule has 98 valence electrons. The molecule has 2 atom stereocenters. The predicted octanol–water partition coefficient (Wildman–Crippen LogP) is 3.23. The van der Waals surface area contributed by atoms with Crippen LogP contribution in [0.2, 0.25) is 0 Å². The lowest BCUT2D eigenvalue weighted by atomic mass is 9.79. The van der Waals surface area contributed by atoms with Crippen LogP contribution in [0, 0.1) is 0 Å². The maximum atomic E-state index is 11.5. The lowest BCUT2D eigenvalue weighted by Crippen LogP contribution is -2.49. The third-order valence-corrected chi connectivity index (χ3v) is 3.41. The number of hydrogen-bond donors (Lipinski definition) is 0. The molecule has 0 aromatic carbocycles. The van der Waals surface area contributed by atoms with Crippen molar-refractivity contribution >= 4 is 5.97 Å². The van der Waals surface area contributed by atoms with Gasteiger partial charge in [-0.15, -0.1) is 0 Å². The highest BCUT2D eigenvalue weighted by atomic mass is 16.6. The zero-order valence-corrected chi connectivity index (χ0v) is 11.0. The molecule has 0 saturated heterocycles. The van der Waals surface area contributed by atoms with Crippen LogP contribution in [-0.2, 0) is 14.3 Å². The minimum absolute atomic E-state index is 0.0464. The van der Waals surface area contributed by atoms with Crippen LogP contribution in [0.25, 0.3) is 0 Å². The van der Waals surface area contributed by atoms with E-state index in [1.807, 2.05) is 6.92 Å². The Bertz CT molecular complexity index is 256. The average Bonchev–Trinajstić information content (AvgIpc) is 2.32. The van der Waals surface area contributed by atoms with E-state index in [0.29, 0.717) is 6.61 Å². The van der Waals surface area contributed by atoms with Gasteiger partial charge in [0.1, 0.15) is 5.60 Å². The largest absolute Gasteiger partial charge is 0.453 e. The summed E-state index contributed by atoms with van der Waals surface area (Å²) in [5, 5.41) is 0.